The number of Topliss-reactive ketones (excluding diaryl/α,β-unsaturated/α-hetero) is 1. The van der Waals surface area contributed by atoms with E-state index in [1.165, 1.54) is 0 Å². The summed E-state index contributed by atoms with van der Waals surface area (Å²) in [5, 5.41) is 0. The normalized spacial score (nSPS) is 18.2. The van der Waals surface area contributed by atoms with Crippen LogP contribution in [-0.2, 0) is 6.18 Å². The highest BCUT2D eigenvalue weighted by atomic mass is 19.4. The molecule has 0 atom stereocenters. The molecule has 0 saturated heterocycles. The molecule has 1 aromatic rings. The van der Waals surface area contributed by atoms with Gasteiger partial charge in [-0.3, -0.25) is 4.79 Å². The second-order valence-corrected chi connectivity index (χ2v) is 5.21. The van der Waals surface area contributed by atoms with E-state index in [9.17, 15) is 22.4 Å². The summed E-state index contributed by atoms with van der Waals surface area (Å²) in [5.41, 5.74) is 3.51. The summed E-state index contributed by atoms with van der Waals surface area (Å²) < 4.78 is 51.0. The van der Waals surface area contributed by atoms with Gasteiger partial charge in [-0.1, -0.05) is 18.9 Å². The number of halogens is 4. The van der Waals surface area contributed by atoms with Crippen molar-refractivity contribution in [2.75, 3.05) is 6.54 Å². The van der Waals surface area contributed by atoms with E-state index in [1.54, 1.807) is 0 Å². The summed E-state index contributed by atoms with van der Waals surface area (Å²) in [5.74, 6) is -1.78. The van der Waals surface area contributed by atoms with Gasteiger partial charge >= 0.3 is 6.18 Å². The number of nitrogens with two attached hydrogens (primary N) is 1. The minimum absolute atomic E-state index is 0.0390. The van der Waals surface area contributed by atoms with Gasteiger partial charge in [0.15, 0.2) is 5.78 Å². The van der Waals surface area contributed by atoms with Crippen LogP contribution in [0.25, 0.3) is 0 Å². The molecule has 6 heteroatoms. The van der Waals surface area contributed by atoms with Crippen molar-refractivity contribution in [2.45, 2.75) is 31.9 Å². The van der Waals surface area contributed by atoms with E-state index in [-0.39, 0.29) is 17.9 Å². The molecule has 0 amide bonds. The van der Waals surface area contributed by atoms with E-state index in [2.05, 4.69) is 0 Å². The van der Waals surface area contributed by atoms with Gasteiger partial charge in [0.2, 0.25) is 0 Å². The highest BCUT2D eigenvalue weighted by Crippen LogP contribution is 2.40. The maximum Gasteiger partial charge on any atom is 0.419 e. The van der Waals surface area contributed by atoms with E-state index in [4.69, 9.17) is 5.73 Å². The third kappa shape index (κ3) is 2.57. The predicted octanol–water partition coefficient (Wildman–Crippen LogP) is 3.55. The number of hydrogen-bond acceptors (Lipinski definition) is 2. The van der Waals surface area contributed by atoms with E-state index < -0.39 is 23.0 Å². The summed E-state index contributed by atoms with van der Waals surface area (Å²) in [6.45, 7) is 0.133. The average molecular weight is 289 g/mol. The number of benzene rings is 1. The third-order valence-corrected chi connectivity index (χ3v) is 3.97. The van der Waals surface area contributed by atoms with Crippen LogP contribution < -0.4 is 5.73 Å². The van der Waals surface area contributed by atoms with Crippen LogP contribution in [0.1, 0.15) is 41.6 Å². The molecule has 110 valence electrons. The largest absolute Gasteiger partial charge is 0.419 e. The van der Waals surface area contributed by atoms with Crippen molar-refractivity contribution in [1.82, 2.24) is 0 Å². The van der Waals surface area contributed by atoms with Gasteiger partial charge in [0.1, 0.15) is 5.82 Å². The second-order valence-electron chi connectivity index (χ2n) is 5.21. The Kier molecular flexibility index (Phi) is 3.86. The van der Waals surface area contributed by atoms with Gasteiger partial charge in [0.05, 0.1) is 5.56 Å². The highest BCUT2D eigenvalue weighted by molar-refractivity contribution is 6.01. The Balaban J connectivity index is 2.35. The van der Waals surface area contributed by atoms with Crippen LogP contribution in [0.2, 0.25) is 0 Å². The molecule has 2 nitrogen and oxygen atoms in total. The Morgan fingerprint density at radius 1 is 1.25 bits per heavy atom. The van der Waals surface area contributed by atoms with Crippen LogP contribution in [0.4, 0.5) is 17.6 Å². The Labute approximate surface area is 114 Å². The maximum absolute atomic E-state index is 13.5. The highest BCUT2D eigenvalue weighted by Gasteiger charge is 2.41. The summed E-state index contributed by atoms with van der Waals surface area (Å²) in [6, 6.07) is 2.31. The van der Waals surface area contributed by atoms with Gasteiger partial charge in [-0.05, 0) is 25.0 Å². The third-order valence-electron chi connectivity index (χ3n) is 3.97. The number of carbonyl (C=O) groups is 1. The van der Waals surface area contributed by atoms with E-state index in [0.717, 1.165) is 18.9 Å². The van der Waals surface area contributed by atoms with Crippen LogP contribution in [0.15, 0.2) is 18.2 Å². The molecule has 0 unspecified atom stereocenters. The summed E-state index contributed by atoms with van der Waals surface area (Å²) in [6.07, 6.45) is -1.85. The SMILES string of the molecule is NCC1(C(=O)c2ccc(C(F)(F)F)c(F)c2)CCCC1. The number of ketones is 1. The fourth-order valence-corrected chi connectivity index (χ4v) is 2.77. The summed E-state index contributed by atoms with van der Waals surface area (Å²) in [7, 11) is 0. The van der Waals surface area contributed by atoms with Crippen LogP contribution >= 0.6 is 0 Å². The maximum atomic E-state index is 13.5. The number of carbonyl (C=O) groups excluding carboxylic acids is 1. The van der Waals surface area contributed by atoms with E-state index in [0.29, 0.717) is 25.0 Å². The Hall–Kier alpha value is -1.43. The number of hydrogen-bond donors (Lipinski definition) is 1. The van der Waals surface area contributed by atoms with Gasteiger partial charge in [-0.25, -0.2) is 4.39 Å². The van der Waals surface area contributed by atoms with Crippen molar-refractivity contribution >= 4 is 5.78 Å². The van der Waals surface area contributed by atoms with Crippen molar-refractivity contribution in [1.29, 1.82) is 0 Å². The van der Waals surface area contributed by atoms with Gasteiger partial charge in [0.25, 0.3) is 0 Å². The van der Waals surface area contributed by atoms with E-state index >= 15 is 0 Å². The van der Waals surface area contributed by atoms with Crippen molar-refractivity contribution in [3.63, 3.8) is 0 Å². The molecule has 2 rings (SSSR count). The molecule has 0 heterocycles. The van der Waals surface area contributed by atoms with Crippen LogP contribution in [0.5, 0.6) is 0 Å². The van der Waals surface area contributed by atoms with E-state index in [1.807, 2.05) is 0 Å². The van der Waals surface area contributed by atoms with Crippen molar-refractivity contribution in [3.05, 3.63) is 35.1 Å². The molecule has 1 fully saturated rings. The molecule has 1 aliphatic rings. The first-order valence-corrected chi connectivity index (χ1v) is 6.42. The lowest BCUT2D eigenvalue weighted by Crippen LogP contribution is -2.36. The van der Waals surface area contributed by atoms with Crippen molar-refractivity contribution < 1.29 is 22.4 Å². The van der Waals surface area contributed by atoms with Crippen LogP contribution in [0.3, 0.4) is 0 Å². The van der Waals surface area contributed by atoms with Gasteiger partial charge in [-0.15, -0.1) is 0 Å². The zero-order valence-corrected chi connectivity index (χ0v) is 10.8. The second kappa shape index (κ2) is 5.16. The summed E-state index contributed by atoms with van der Waals surface area (Å²) in [4.78, 5) is 12.4. The predicted molar refractivity (Wildman–Crippen MR) is 65.7 cm³/mol. The first-order chi connectivity index (χ1) is 9.30. The zero-order valence-electron chi connectivity index (χ0n) is 10.8. The molecule has 0 radical (unpaired) electrons. The molecule has 0 spiro atoms. The lowest BCUT2D eigenvalue weighted by atomic mass is 9.78. The Morgan fingerprint density at radius 3 is 2.30 bits per heavy atom. The van der Waals surface area contributed by atoms with Gasteiger partial charge < -0.3 is 5.73 Å². The smallest absolute Gasteiger partial charge is 0.329 e. The topological polar surface area (TPSA) is 43.1 Å². The van der Waals surface area contributed by atoms with Gasteiger partial charge in [-0.2, -0.15) is 13.2 Å². The Bertz CT molecular complexity index is 518. The minimum Gasteiger partial charge on any atom is -0.329 e. The minimum atomic E-state index is -4.76. The molecule has 20 heavy (non-hydrogen) atoms. The molecule has 1 saturated carbocycles. The fourth-order valence-electron chi connectivity index (χ4n) is 2.77. The quantitative estimate of drug-likeness (QED) is 0.683. The molecule has 0 aliphatic heterocycles. The lowest BCUT2D eigenvalue weighted by Gasteiger charge is -2.25. The summed E-state index contributed by atoms with van der Waals surface area (Å²) >= 11 is 0. The molecule has 2 N–H and O–H groups in total. The van der Waals surface area contributed by atoms with Crippen molar-refractivity contribution in [2.24, 2.45) is 11.1 Å². The van der Waals surface area contributed by atoms with Crippen LogP contribution in [-0.4, -0.2) is 12.3 Å². The average Bonchev–Trinajstić information content (AvgIpc) is 2.86. The lowest BCUT2D eigenvalue weighted by molar-refractivity contribution is -0.140. The molecular formula is C14H15F4NO. The first-order valence-electron chi connectivity index (χ1n) is 6.42. The Morgan fingerprint density at radius 2 is 1.85 bits per heavy atom. The molecule has 1 aromatic carbocycles. The van der Waals surface area contributed by atoms with Crippen LogP contribution in [0, 0.1) is 11.2 Å². The molecule has 0 aromatic heterocycles. The standard InChI is InChI=1S/C14H15F4NO/c15-11-7-9(3-4-10(11)14(16,17)18)12(20)13(8-19)5-1-2-6-13/h3-4,7H,1-2,5-6,8,19H2. The molecule has 1 aliphatic carbocycles. The van der Waals surface area contributed by atoms with Gasteiger partial charge in [0, 0.05) is 17.5 Å². The number of alkyl halides is 3. The monoisotopic (exact) mass is 289 g/mol. The first kappa shape index (κ1) is 15.0. The fraction of sp³-hybridized carbons (Fsp3) is 0.500. The number of rotatable bonds is 3. The molecule has 0 bridgehead atoms. The molecular weight excluding hydrogens is 274 g/mol. The van der Waals surface area contributed by atoms with Crippen molar-refractivity contribution in [3.8, 4) is 0 Å². The zero-order chi connectivity index (χ0) is 15.0.